The van der Waals surface area contributed by atoms with E-state index in [-0.39, 0.29) is 73.2 Å². The van der Waals surface area contributed by atoms with Gasteiger partial charge in [0, 0.05) is 118 Å². The molecule has 4 aliphatic rings. The summed E-state index contributed by atoms with van der Waals surface area (Å²) in [5, 5.41) is 0. The van der Waals surface area contributed by atoms with Gasteiger partial charge in [-0.3, -0.25) is 19.4 Å². The van der Waals surface area contributed by atoms with Crippen LogP contribution >= 0.6 is 0 Å². The van der Waals surface area contributed by atoms with Crippen molar-refractivity contribution in [2.75, 3.05) is 148 Å². The van der Waals surface area contributed by atoms with E-state index in [1.807, 2.05) is 23.9 Å². The van der Waals surface area contributed by atoms with E-state index in [0.29, 0.717) is 45.8 Å². The molecule has 18 nitrogen and oxygen atoms in total. The average molecular weight is 1050 g/mol. The van der Waals surface area contributed by atoms with Crippen molar-refractivity contribution in [1.82, 2.24) is 38.0 Å². The fourth-order valence-electron chi connectivity index (χ4n) is 10.8. The van der Waals surface area contributed by atoms with Gasteiger partial charge in [0.05, 0.1) is 37.2 Å². The number of nitrogens with zero attached hydrogens (tertiary/aromatic N) is 8. The predicted molar refractivity (Wildman–Crippen MR) is 282 cm³/mol. The second-order valence-corrected chi connectivity index (χ2v) is 24.5. The number of methoxy groups -OCH3 is 2. The maximum atomic E-state index is 13.1. The van der Waals surface area contributed by atoms with Gasteiger partial charge in [-0.25, -0.2) is 16.8 Å². The first-order valence-electron chi connectivity index (χ1n) is 25.8. The van der Waals surface area contributed by atoms with Gasteiger partial charge in [-0.05, 0) is 140 Å². The molecule has 20 heteroatoms. The quantitative estimate of drug-likeness (QED) is 0.175. The number of ether oxygens (including phenoxy) is 4. The van der Waals surface area contributed by atoms with Crippen LogP contribution in [0.1, 0.15) is 73.6 Å². The summed E-state index contributed by atoms with van der Waals surface area (Å²) in [6.07, 6.45) is 8.72. The van der Waals surface area contributed by atoms with Crippen molar-refractivity contribution in [1.29, 1.82) is 0 Å². The lowest BCUT2D eigenvalue weighted by molar-refractivity contribution is -0.138. The number of amides is 2. The summed E-state index contributed by atoms with van der Waals surface area (Å²) in [5.74, 6) is 1.16. The number of rotatable bonds is 20. The van der Waals surface area contributed by atoms with Gasteiger partial charge in [0.15, 0.2) is 0 Å². The topological polar surface area (TPSA) is 165 Å². The van der Waals surface area contributed by atoms with E-state index in [2.05, 4.69) is 33.7 Å². The Labute approximate surface area is 432 Å². The first-order valence-corrected chi connectivity index (χ1v) is 28.7. The Morgan fingerprint density at radius 1 is 0.542 bits per heavy atom. The molecule has 0 aromatic heterocycles. The van der Waals surface area contributed by atoms with Gasteiger partial charge in [-0.2, -0.15) is 8.61 Å². The minimum absolute atomic E-state index is 0.0410. The summed E-state index contributed by atoms with van der Waals surface area (Å²) in [6, 6.07) is 8.41. The maximum absolute atomic E-state index is 13.1. The highest BCUT2D eigenvalue weighted by Crippen LogP contribution is 2.31. The number of piperazine rings is 2. The van der Waals surface area contributed by atoms with Crippen molar-refractivity contribution in [3.63, 3.8) is 0 Å². The van der Waals surface area contributed by atoms with Crippen LogP contribution in [0.4, 0.5) is 0 Å². The molecule has 6 rings (SSSR count). The van der Waals surface area contributed by atoms with Crippen LogP contribution in [0.3, 0.4) is 0 Å². The molecule has 2 aliphatic heterocycles. The summed E-state index contributed by atoms with van der Waals surface area (Å²) in [4.78, 5) is 39.8. The molecule has 2 aliphatic carbocycles. The van der Waals surface area contributed by atoms with Crippen molar-refractivity contribution in [2.45, 2.75) is 113 Å². The Bertz CT molecular complexity index is 2100. The zero-order valence-electron chi connectivity index (χ0n) is 45.7. The van der Waals surface area contributed by atoms with Crippen LogP contribution in [0, 0.1) is 27.7 Å². The number of hydrogen-bond acceptors (Lipinski definition) is 14. The number of hydrogen-bond donors (Lipinski definition) is 0. The zero-order chi connectivity index (χ0) is 52.9. The van der Waals surface area contributed by atoms with E-state index < -0.39 is 20.0 Å². The van der Waals surface area contributed by atoms with E-state index in [1.165, 1.54) is 35.5 Å². The summed E-state index contributed by atoms with van der Waals surface area (Å²) in [7, 11) is 6.90. The largest absolute Gasteiger partial charge is 0.497 e. The average Bonchev–Trinajstić information content (AvgIpc) is 3.35. The van der Waals surface area contributed by atoms with Crippen molar-refractivity contribution in [2.24, 2.45) is 0 Å². The number of carbonyl (C=O) groups excluding carboxylic acids is 2. The summed E-state index contributed by atoms with van der Waals surface area (Å²) in [5.41, 5.74) is 2.55. The van der Waals surface area contributed by atoms with Crippen LogP contribution < -0.4 is 9.47 Å². The van der Waals surface area contributed by atoms with E-state index in [9.17, 15) is 26.4 Å². The molecular weight excluding hydrogens is 961 g/mol. The standard InChI is InChI=1S/2C26H44N4O5S/c2*1-20-16-24(34-6)17-21(2)26(20)36(32,33)28(4)14-15-35-19-25(31)29(5)22-8-7-9-23(18-22)30-12-10-27(3)11-13-30/h2*16-17,22-23H,7-15,18-19H2,1-6H3/t2*22-,23-/m10/s1. The van der Waals surface area contributed by atoms with Crippen LogP contribution in [0.25, 0.3) is 0 Å². The fraction of sp³-hybridized carbons (Fsp3) is 0.731. The minimum atomic E-state index is -3.69. The molecule has 4 fully saturated rings. The van der Waals surface area contributed by atoms with Crippen LogP contribution in [0.2, 0.25) is 0 Å². The van der Waals surface area contributed by atoms with Gasteiger partial charge in [-0.1, -0.05) is 0 Å². The predicted octanol–water partition coefficient (Wildman–Crippen LogP) is 3.93. The monoisotopic (exact) mass is 1050 g/mol. The van der Waals surface area contributed by atoms with E-state index in [1.54, 1.807) is 66.2 Å². The summed E-state index contributed by atoms with van der Waals surface area (Å²) < 4.78 is 76.9. The first-order chi connectivity index (χ1) is 34.1. The van der Waals surface area contributed by atoms with Crippen molar-refractivity contribution in [3.05, 3.63) is 46.5 Å². The molecule has 2 amide bonds. The Morgan fingerprint density at radius 2 is 0.861 bits per heavy atom. The molecule has 408 valence electrons. The molecule has 72 heavy (non-hydrogen) atoms. The highest BCUT2D eigenvalue weighted by molar-refractivity contribution is 7.89. The fourth-order valence-corrected chi connectivity index (χ4v) is 13.9. The lowest BCUT2D eigenvalue weighted by Crippen LogP contribution is -2.52. The smallest absolute Gasteiger partial charge is 0.248 e. The van der Waals surface area contributed by atoms with Crippen molar-refractivity contribution < 1.29 is 45.4 Å². The van der Waals surface area contributed by atoms with Crippen molar-refractivity contribution in [3.8, 4) is 11.5 Å². The first kappa shape index (κ1) is 59.4. The lowest BCUT2D eigenvalue weighted by Gasteiger charge is -2.43. The number of carbonyl (C=O) groups is 2. The molecule has 0 unspecified atom stereocenters. The molecule has 0 spiro atoms. The van der Waals surface area contributed by atoms with E-state index in [4.69, 9.17) is 18.9 Å². The Kier molecular flexibility index (Phi) is 22.6. The number of sulfonamides is 2. The van der Waals surface area contributed by atoms with Gasteiger partial charge < -0.3 is 38.5 Å². The van der Waals surface area contributed by atoms with Crippen molar-refractivity contribution >= 4 is 31.9 Å². The third-order valence-electron chi connectivity index (χ3n) is 15.5. The molecule has 2 aromatic carbocycles. The van der Waals surface area contributed by atoms with E-state index in [0.717, 1.165) is 90.9 Å². The third-order valence-corrected chi connectivity index (χ3v) is 19.8. The van der Waals surface area contributed by atoms with Gasteiger partial charge in [0.25, 0.3) is 0 Å². The molecule has 0 bridgehead atoms. The Hall–Kier alpha value is -3.44. The normalized spacial score (nSPS) is 22.1. The number of benzene rings is 2. The zero-order valence-corrected chi connectivity index (χ0v) is 47.3. The molecule has 0 radical (unpaired) electrons. The number of aryl methyl sites for hydroxylation is 4. The minimum Gasteiger partial charge on any atom is -0.497 e. The molecular formula is C52H88N8O10S2. The lowest BCUT2D eigenvalue weighted by atomic mass is 9.88. The molecule has 0 N–H and O–H groups in total. The van der Waals surface area contributed by atoms with Gasteiger partial charge in [0.2, 0.25) is 31.9 Å². The highest BCUT2D eigenvalue weighted by atomic mass is 32.2. The van der Waals surface area contributed by atoms with Gasteiger partial charge in [-0.15, -0.1) is 0 Å². The second kappa shape index (κ2) is 27.4. The van der Waals surface area contributed by atoms with Gasteiger partial charge >= 0.3 is 0 Å². The maximum Gasteiger partial charge on any atom is 0.248 e. The van der Waals surface area contributed by atoms with Crippen LogP contribution in [0.5, 0.6) is 11.5 Å². The van der Waals surface area contributed by atoms with Crippen LogP contribution in [-0.2, 0) is 39.1 Å². The van der Waals surface area contributed by atoms with E-state index >= 15 is 0 Å². The third kappa shape index (κ3) is 15.8. The SMILES string of the molecule is COc1cc(C)c(S(=O)(=O)N(C)CCOCC(=O)N(C)[C@@H]2CCC[C@@H](N3CCN(C)CC3)C2)c(C)c1.COc1cc(C)c(S(=O)(=O)N(C)CCOCC(=O)N(C)[C@H]2CCC[C@H](N3CCN(C)CC3)C2)c(C)c1. The van der Waals surface area contributed by atoms with Gasteiger partial charge in [0.1, 0.15) is 24.7 Å². The Balaban J connectivity index is 0.000000267. The summed E-state index contributed by atoms with van der Waals surface area (Å²) >= 11 is 0. The highest BCUT2D eigenvalue weighted by Gasteiger charge is 2.34. The van der Waals surface area contributed by atoms with Crippen LogP contribution in [0.15, 0.2) is 34.1 Å². The number of likely N-dealkylation sites (N-methyl/N-ethyl adjacent to an activating group) is 6. The molecule has 2 saturated carbocycles. The molecule has 2 heterocycles. The Morgan fingerprint density at radius 3 is 1.17 bits per heavy atom. The van der Waals surface area contributed by atoms with Crippen LogP contribution in [-0.4, -0.2) is 239 Å². The second-order valence-electron chi connectivity index (χ2n) is 20.6. The molecule has 2 aromatic rings. The molecule has 2 saturated heterocycles. The summed E-state index contributed by atoms with van der Waals surface area (Å²) in [6.45, 7) is 16.4. The molecule has 4 atom stereocenters.